The predicted molar refractivity (Wildman–Crippen MR) is 73.9 cm³/mol. The molecule has 0 spiro atoms. The summed E-state index contributed by atoms with van der Waals surface area (Å²) in [6.07, 6.45) is 0.613. The average molecular weight is 295 g/mol. The van der Waals surface area contributed by atoms with Crippen LogP contribution in [-0.4, -0.2) is 29.2 Å². The number of nitrogens with one attached hydrogen (secondary N) is 1. The number of imide groups is 1. The fourth-order valence-corrected chi connectivity index (χ4v) is 2.21. The van der Waals surface area contributed by atoms with Gasteiger partial charge in [-0.1, -0.05) is 29.8 Å². The Morgan fingerprint density at radius 2 is 1.85 bits per heavy atom. The fraction of sp³-hybridized carbons (Fsp3) is 0.357. The number of halogens is 1. The summed E-state index contributed by atoms with van der Waals surface area (Å²) in [5.74, 6) is -0.611. The van der Waals surface area contributed by atoms with E-state index in [1.807, 2.05) is 18.2 Å². The van der Waals surface area contributed by atoms with Crippen LogP contribution in [-0.2, 0) is 20.9 Å². The summed E-state index contributed by atoms with van der Waals surface area (Å²) in [4.78, 5) is 35.6. The van der Waals surface area contributed by atoms with Crippen LogP contribution in [0.15, 0.2) is 24.3 Å². The lowest BCUT2D eigenvalue weighted by molar-refractivity contribution is -0.138. The number of benzene rings is 1. The largest absolute Gasteiger partial charge is 0.352 e. The maximum atomic E-state index is 11.7. The molecule has 1 aliphatic heterocycles. The molecule has 1 fully saturated rings. The van der Waals surface area contributed by atoms with Crippen LogP contribution in [0.2, 0.25) is 5.02 Å². The zero-order valence-electron chi connectivity index (χ0n) is 10.9. The standard InChI is InChI=1S/C14H15ClN2O3/c15-11-4-2-1-3-10(11)9-16-12(18)7-8-17-13(19)5-6-14(17)20/h1-4H,5-9H2,(H,16,18). The summed E-state index contributed by atoms with van der Waals surface area (Å²) in [6, 6.07) is 7.24. The van der Waals surface area contributed by atoms with E-state index < -0.39 is 0 Å². The van der Waals surface area contributed by atoms with Gasteiger partial charge in [-0.2, -0.15) is 0 Å². The fourth-order valence-electron chi connectivity index (χ4n) is 2.01. The van der Waals surface area contributed by atoms with E-state index in [1.54, 1.807) is 6.07 Å². The van der Waals surface area contributed by atoms with Crippen LogP contribution < -0.4 is 5.32 Å². The van der Waals surface area contributed by atoms with Crippen molar-refractivity contribution in [2.45, 2.75) is 25.8 Å². The quantitative estimate of drug-likeness (QED) is 0.837. The highest BCUT2D eigenvalue weighted by molar-refractivity contribution is 6.31. The Labute approximate surface area is 121 Å². The summed E-state index contributed by atoms with van der Waals surface area (Å²) in [5.41, 5.74) is 0.829. The minimum Gasteiger partial charge on any atom is -0.352 e. The third-order valence-electron chi connectivity index (χ3n) is 3.15. The molecule has 0 bridgehead atoms. The van der Waals surface area contributed by atoms with Crippen LogP contribution in [0.25, 0.3) is 0 Å². The molecule has 106 valence electrons. The molecule has 0 radical (unpaired) electrons. The third-order valence-corrected chi connectivity index (χ3v) is 3.52. The van der Waals surface area contributed by atoms with Crippen molar-refractivity contribution in [3.05, 3.63) is 34.9 Å². The molecule has 0 aliphatic carbocycles. The van der Waals surface area contributed by atoms with Gasteiger partial charge < -0.3 is 5.32 Å². The van der Waals surface area contributed by atoms with Gasteiger partial charge in [0.15, 0.2) is 0 Å². The number of amides is 3. The summed E-state index contributed by atoms with van der Waals surface area (Å²) < 4.78 is 0. The minimum atomic E-state index is -0.211. The zero-order chi connectivity index (χ0) is 14.5. The lowest BCUT2D eigenvalue weighted by atomic mass is 10.2. The Morgan fingerprint density at radius 3 is 2.50 bits per heavy atom. The number of hydrogen-bond donors (Lipinski definition) is 1. The van der Waals surface area contributed by atoms with Crippen LogP contribution in [0.4, 0.5) is 0 Å². The molecule has 0 atom stereocenters. The molecule has 0 saturated carbocycles. The highest BCUT2D eigenvalue weighted by atomic mass is 35.5. The van der Waals surface area contributed by atoms with Gasteiger partial charge in [-0.15, -0.1) is 0 Å². The first-order valence-electron chi connectivity index (χ1n) is 6.41. The van der Waals surface area contributed by atoms with E-state index in [4.69, 9.17) is 11.6 Å². The average Bonchev–Trinajstić information content (AvgIpc) is 2.75. The van der Waals surface area contributed by atoms with Gasteiger partial charge in [0.2, 0.25) is 17.7 Å². The summed E-state index contributed by atoms with van der Waals surface area (Å²) in [6.45, 7) is 0.479. The maximum absolute atomic E-state index is 11.7. The Bertz CT molecular complexity index is 529. The van der Waals surface area contributed by atoms with Crippen molar-refractivity contribution in [3.8, 4) is 0 Å². The second kappa shape index (κ2) is 6.52. The Kier molecular flexibility index (Phi) is 4.74. The molecule has 1 aromatic rings. The van der Waals surface area contributed by atoms with Crippen molar-refractivity contribution in [2.75, 3.05) is 6.54 Å². The van der Waals surface area contributed by atoms with Gasteiger partial charge in [0, 0.05) is 37.4 Å². The van der Waals surface area contributed by atoms with Crippen LogP contribution in [0.5, 0.6) is 0 Å². The highest BCUT2D eigenvalue weighted by Gasteiger charge is 2.28. The van der Waals surface area contributed by atoms with Gasteiger partial charge >= 0.3 is 0 Å². The number of hydrogen-bond acceptors (Lipinski definition) is 3. The van der Waals surface area contributed by atoms with Crippen LogP contribution >= 0.6 is 11.6 Å². The summed E-state index contributed by atoms with van der Waals surface area (Å²) >= 11 is 5.98. The molecule has 3 amide bonds. The van der Waals surface area contributed by atoms with Crippen molar-refractivity contribution in [2.24, 2.45) is 0 Å². The molecular formula is C14H15ClN2O3. The molecule has 0 aromatic heterocycles. The molecule has 1 saturated heterocycles. The van der Waals surface area contributed by atoms with Crippen molar-refractivity contribution in [1.82, 2.24) is 10.2 Å². The molecule has 0 unspecified atom stereocenters. The van der Waals surface area contributed by atoms with Crippen LogP contribution in [0.1, 0.15) is 24.8 Å². The van der Waals surface area contributed by atoms with Gasteiger partial charge in [-0.25, -0.2) is 0 Å². The first-order chi connectivity index (χ1) is 9.58. The van der Waals surface area contributed by atoms with Crippen LogP contribution in [0.3, 0.4) is 0 Å². The third kappa shape index (κ3) is 3.57. The Morgan fingerprint density at radius 1 is 1.20 bits per heavy atom. The smallest absolute Gasteiger partial charge is 0.229 e. The SMILES string of the molecule is O=C(CCN1C(=O)CCC1=O)NCc1ccccc1Cl. The maximum Gasteiger partial charge on any atom is 0.229 e. The van der Waals surface area contributed by atoms with Gasteiger partial charge in [0.1, 0.15) is 0 Å². The van der Waals surface area contributed by atoms with Gasteiger partial charge in [0.05, 0.1) is 0 Å². The second-order valence-corrected chi connectivity index (χ2v) is 4.96. The highest BCUT2D eigenvalue weighted by Crippen LogP contribution is 2.14. The number of nitrogens with zero attached hydrogens (tertiary/aromatic N) is 1. The van der Waals surface area contributed by atoms with E-state index in [2.05, 4.69) is 5.32 Å². The van der Waals surface area contributed by atoms with E-state index in [-0.39, 0.29) is 43.5 Å². The number of rotatable bonds is 5. The second-order valence-electron chi connectivity index (χ2n) is 4.56. The number of likely N-dealkylation sites (tertiary alicyclic amines) is 1. The molecule has 1 aliphatic rings. The molecule has 1 N–H and O–H groups in total. The Hall–Kier alpha value is -1.88. The first kappa shape index (κ1) is 14.5. The Balaban J connectivity index is 1.77. The van der Waals surface area contributed by atoms with E-state index in [0.717, 1.165) is 10.5 Å². The van der Waals surface area contributed by atoms with E-state index in [9.17, 15) is 14.4 Å². The molecular weight excluding hydrogens is 280 g/mol. The lowest BCUT2D eigenvalue weighted by Crippen LogP contribution is -2.34. The molecule has 1 heterocycles. The molecule has 5 nitrogen and oxygen atoms in total. The summed E-state index contributed by atoms with van der Waals surface area (Å²) in [5, 5.41) is 3.32. The topological polar surface area (TPSA) is 66.5 Å². The molecule has 6 heteroatoms. The van der Waals surface area contributed by atoms with Gasteiger partial charge in [-0.3, -0.25) is 19.3 Å². The lowest BCUT2D eigenvalue weighted by Gasteiger charge is -2.13. The normalized spacial score (nSPS) is 14.8. The van der Waals surface area contributed by atoms with Crippen molar-refractivity contribution in [1.29, 1.82) is 0 Å². The predicted octanol–water partition coefficient (Wildman–Crippen LogP) is 1.50. The van der Waals surface area contributed by atoms with Crippen LogP contribution in [0, 0.1) is 0 Å². The monoisotopic (exact) mass is 294 g/mol. The van der Waals surface area contributed by atoms with E-state index in [0.29, 0.717) is 11.6 Å². The zero-order valence-corrected chi connectivity index (χ0v) is 11.7. The molecule has 1 aromatic carbocycles. The molecule has 2 rings (SSSR count). The van der Waals surface area contributed by atoms with E-state index >= 15 is 0 Å². The van der Waals surface area contributed by atoms with Crippen molar-refractivity contribution < 1.29 is 14.4 Å². The van der Waals surface area contributed by atoms with Gasteiger partial charge in [0.25, 0.3) is 0 Å². The van der Waals surface area contributed by atoms with Crippen molar-refractivity contribution >= 4 is 29.3 Å². The minimum absolute atomic E-state index is 0.113. The van der Waals surface area contributed by atoms with Gasteiger partial charge in [-0.05, 0) is 11.6 Å². The first-order valence-corrected chi connectivity index (χ1v) is 6.79. The van der Waals surface area contributed by atoms with Crippen molar-refractivity contribution in [3.63, 3.8) is 0 Å². The molecule has 20 heavy (non-hydrogen) atoms. The number of carbonyl (C=O) groups is 3. The number of carbonyl (C=O) groups excluding carboxylic acids is 3. The van der Waals surface area contributed by atoms with E-state index in [1.165, 1.54) is 0 Å². The summed E-state index contributed by atoms with van der Waals surface area (Å²) in [7, 11) is 0.